The third-order valence-electron chi connectivity index (χ3n) is 7.20. The van der Waals surface area contributed by atoms with Gasteiger partial charge in [0.1, 0.15) is 11.6 Å². The summed E-state index contributed by atoms with van der Waals surface area (Å²) in [5.41, 5.74) is 1.88. The first-order chi connectivity index (χ1) is 16.4. The van der Waals surface area contributed by atoms with Gasteiger partial charge in [-0.05, 0) is 55.2 Å². The van der Waals surface area contributed by atoms with Crippen LogP contribution in [0.4, 0.5) is 4.39 Å². The molecule has 5 rings (SSSR count). The Hall–Kier alpha value is -3.48. The highest BCUT2D eigenvalue weighted by Gasteiger charge is 2.50. The van der Waals surface area contributed by atoms with E-state index in [1.54, 1.807) is 12.3 Å². The molecular formula is C27H29FN4O2. The Kier molecular flexibility index (Phi) is 5.94. The molecule has 34 heavy (non-hydrogen) atoms. The Balaban J connectivity index is 1.44. The highest BCUT2D eigenvalue weighted by molar-refractivity contribution is 5.95. The van der Waals surface area contributed by atoms with E-state index >= 15 is 0 Å². The van der Waals surface area contributed by atoms with Crippen LogP contribution >= 0.6 is 0 Å². The van der Waals surface area contributed by atoms with Crippen LogP contribution in [-0.2, 0) is 11.3 Å². The minimum atomic E-state index is -0.581. The van der Waals surface area contributed by atoms with E-state index in [-0.39, 0.29) is 23.5 Å². The second-order valence-corrected chi connectivity index (χ2v) is 9.51. The van der Waals surface area contributed by atoms with E-state index in [9.17, 15) is 14.0 Å². The van der Waals surface area contributed by atoms with E-state index in [4.69, 9.17) is 0 Å². The van der Waals surface area contributed by atoms with Crippen molar-refractivity contribution in [3.63, 3.8) is 0 Å². The molecule has 1 spiro atoms. The van der Waals surface area contributed by atoms with Crippen molar-refractivity contribution in [1.29, 1.82) is 0 Å². The third kappa shape index (κ3) is 4.34. The molecule has 176 valence electrons. The Morgan fingerprint density at radius 3 is 2.85 bits per heavy atom. The maximum absolute atomic E-state index is 14.1. The van der Waals surface area contributed by atoms with Gasteiger partial charge in [-0.25, -0.2) is 9.37 Å². The lowest BCUT2D eigenvalue weighted by atomic mass is 9.79. The van der Waals surface area contributed by atoms with Gasteiger partial charge in [-0.3, -0.25) is 9.59 Å². The van der Waals surface area contributed by atoms with Gasteiger partial charge in [0.25, 0.3) is 5.91 Å². The van der Waals surface area contributed by atoms with Gasteiger partial charge in [0.2, 0.25) is 5.91 Å². The van der Waals surface area contributed by atoms with E-state index in [1.165, 1.54) is 12.1 Å². The van der Waals surface area contributed by atoms with Crippen molar-refractivity contribution >= 4 is 11.8 Å². The Morgan fingerprint density at radius 1 is 1.21 bits per heavy atom. The van der Waals surface area contributed by atoms with Gasteiger partial charge in [-0.2, -0.15) is 0 Å². The summed E-state index contributed by atoms with van der Waals surface area (Å²) in [6, 6.07) is 14.2. The highest BCUT2D eigenvalue weighted by Crippen LogP contribution is 2.41. The van der Waals surface area contributed by atoms with Gasteiger partial charge >= 0.3 is 0 Å². The van der Waals surface area contributed by atoms with Gasteiger partial charge in [-0.15, -0.1) is 0 Å². The second kappa shape index (κ2) is 9.05. The van der Waals surface area contributed by atoms with Crippen molar-refractivity contribution in [3.05, 3.63) is 89.3 Å². The van der Waals surface area contributed by atoms with Gasteiger partial charge in [0, 0.05) is 49.9 Å². The van der Waals surface area contributed by atoms with Gasteiger partial charge in [0.05, 0.1) is 5.54 Å². The molecule has 2 aliphatic rings. The SMILES string of the molecule is Cc1nccn1Cc1cccc(C(=O)N2C[C@@H](c3cccc(F)c3)[C@@]3(CCCCC(=O)N3)C2)c1. The molecule has 2 aliphatic heterocycles. The lowest BCUT2D eigenvalue weighted by Crippen LogP contribution is -2.52. The number of aryl methyl sites for hydroxylation is 1. The van der Waals surface area contributed by atoms with Crippen LogP contribution in [-0.4, -0.2) is 44.9 Å². The van der Waals surface area contributed by atoms with Crippen molar-refractivity contribution in [2.24, 2.45) is 0 Å². The molecule has 0 saturated carbocycles. The number of amides is 2. The summed E-state index contributed by atoms with van der Waals surface area (Å²) in [5.74, 6) is 0.387. The van der Waals surface area contributed by atoms with Crippen LogP contribution in [0.25, 0.3) is 0 Å². The molecule has 2 atom stereocenters. The first kappa shape index (κ1) is 22.3. The number of nitrogens with zero attached hydrogens (tertiary/aromatic N) is 3. The number of imidazole rings is 1. The van der Waals surface area contributed by atoms with Crippen LogP contribution in [0.5, 0.6) is 0 Å². The van der Waals surface area contributed by atoms with Crippen molar-refractivity contribution in [2.45, 2.75) is 50.6 Å². The molecule has 0 bridgehead atoms. The summed E-state index contributed by atoms with van der Waals surface area (Å²) in [6.45, 7) is 3.45. The lowest BCUT2D eigenvalue weighted by Gasteiger charge is -2.34. The molecule has 6 nitrogen and oxygen atoms in total. The Morgan fingerprint density at radius 2 is 2.06 bits per heavy atom. The number of hydrogen-bond acceptors (Lipinski definition) is 3. The number of carbonyl (C=O) groups is 2. The third-order valence-corrected chi connectivity index (χ3v) is 7.20. The standard InChI is InChI=1S/C27H29FN4O2/c1-19-29-12-13-31(19)16-20-6-4-8-22(14-20)26(34)32-17-24(21-7-5-9-23(28)15-21)27(18-32)11-3-2-10-25(33)30-27/h4-9,12-15,24H,2-3,10-11,16-18H2,1H3,(H,30,33)/t24-,27+/m0/s1. The average Bonchev–Trinajstić information content (AvgIpc) is 3.33. The number of nitrogens with one attached hydrogen (secondary N) is 1. The predicted molar refractivity (Wildman–Crippen MR) is 127 cm³/mol. The van der Waals surface area contributed by atoms with E-state index in [0.29, 0.717) is 31.6 Å². The summed E-state index contributed by atoms with van der Waals surface area (Å²) in [6.07, 6.45) is 6.67. The van der Waals surface area contributed by atoms with Crippen LogP contribution in [0.3, 0.4) is 0 Å². The summed E-state index contributed by atoms with van der Waals surface area (Å²) in [4.78, 5) is 32.3. The molecule has 7 heteroatoms. The molecule has 1 aromatic heterocycles. The number of halogens is 1. The fraction of sp³-hybridized carbons (Fsp3) is 0.370. The first-order valence-electron chi connectivity index (χ1n) is 11.9. The predicted octanol–water partition coefficient (Wildman–Crippen LogP) is 4.05. The smallest absolute Gasteiger partial charge is 0.253 e. The van der Waals surface area contributed by atoms with Gasteiger partial charge in [0.15, 0.2) is 0 Å². The van der Waals surface area contributed by atoms with E-state index in [2.05, 4.69) is 10.3 Å². The van der Waals surface area contributed by atoms with Gasteiger partial charge in [-0.1, -0.05) is 30.7 Å². The molecule has 0 aliphatic carbocycles. The van der Waals surface area contributed by atoms with Crippen LogP contribution in [0, 0.1) is 12.7 Å². The maximum atomic E-state index is 14.1. The zero-order valence-electron chi connectivity index (χ0n) is 19.3. The van der Waals surface area contributed by atoms with E-state index in [1.807, 2.05) is 52.9 Å². The first-order valence-corrected chi connectivity index (χ1v) is 11.9. The number of benzene rings is 2. The van der Waals surface area contributed by atoms with Crippen molar-refractivity contribution in [2.75, 3.05) is 13.1 Å². The number of aromatic nitrogens is 2. The minimum Gasteiger partial charge on any atom is -0.348 e. The number of likely N-dealkylation sites (tertiary alicyclic amines) is 1. The lowest BCUT2D eigenvalue weighted by molar-refractivity contribution is -0.122. The van der Waals surface area contributed by atoms with Crippen molar-refractivity contribution < 1.29 is 14.0 Å². The zero-order valence-corrected chi connectivity index (χ0v) is 19.3. The maximum Gasteiger partial charge on any atom is 0.253 e. The minimum absolute atomic E-state index is 0.00546. The largest absolute Gasteiger partial charge is 0.348 e. The summed E-state index contributed by atoms with van der Waals surface area (Å²) < 4.78 is 16.1. The molecule has 3 aromatic rings. The number of rotatable bonds is 4. The topological polar surface area (TPSA) is 67.2 Å². The quantitative estimate of drug-likeness (QED) is 0.639. The van der Waals surface area contributed by atoms with Crippen LogP contribution in [0.1, 0.15) is 58.9 Å². The molecule has 1 N–H and O–H groups in total. The second-order valence-electron chi connectivity index (χ2n) is 9.51. The summed E-state index contributed by atoms with van der Waals surface area (Å²) in [5, 5.41) is 3.24. The fourth-order valence-corrected chi connectivity index (χ4v) is 5.47. The average molecular weight is 461 g/mol. The van der Waals surface area contributed by atoms with Crippen LogP contribution in [0.15, 0.2) is 60.9 Å². The normalized spacial score (nSPS) is 22.6. The summed E-state index contributed by atoms with van der Waals surface area (Å²) in [7, 11) is 0. The van der Waals surface area contributed by atoms with E-state index in [0.717, 1.165) is 36.2 Å². The monoisotopic (exact) mass is 460 g/mol. The molecule has 2 saturated heterocycles. The molecule has 0 radical (unpaired) electrons. The molecule has 3 heterocycles. The molecule has 2 fully saturated rings. The molecule has 2 amide bonds. The Bertz CT molecular complexity index is 1220. The molecule has 2 aromatic carbocycles. The van der Waals surface area contributed by atoms with Crippen molar-refractivity contribution in [3.8, 4) is 0 Å². The van der Waals surface area contributed by atoms with Crippen molar-refractivity contribution in [1.82, 2.24) is 19.8 Å². The van der Waals surface area contributed by atoms with E-state index < -0.39 is 5.54 Å². The molecular weight excluding hydrogens is 431 g/mol. The number of hydrogen-bond donors (Lipinski definition) is 1. The Labute approximate surface area is 198 Å². The van der Waals surface area contributed by atoms with Crippen LogP contribution < -0.4 is 5.32 Å². The molecule has 0 unspecified atom stereocenters. The highest BCUT2D eigenvalue weighted by atomic mass is 19.1. The summed E-state index contributed by atoms with van der Waals surface area (Å²) >= 11 is 0. The zero-order chi connectivity index (χ0) is 23.7. The fourth-order valence-electron chi connectivity index (χ4n) is 5.47. The van der Waals surface area contributed by atoms with Crippen LogP contribution in [0.2, 0.25) is 0 Å². The van der Waals surface area contributed by atoms with Gasteiger partial charge < -0.3 is 14.8 Å². The number of carbonyl (C=O) groups excluding carboxylic acids is 2.